The summed E-state index contributed by atoms with van der Waals surface area (Å²) in [7, 11) is 0. The average molecular weight is 209 g/mol. The number of rotatable bonds is 1. The highest BCUT2D eigenvalue weighted by Gasteiger charge is 2.40. The first kappa shape index (κ1) is 10.4. The summed E-state index contributed by atoms with van der Waals surface area (Å²) >= 11 is 0. The molecule has 1 saturated heterocycles. The molecule has 1 aliphatic heterocycles. The first-order valence-electron chi connectivity index (χ1n) is 5.23. The van der Waals surface area contributed by atoms with Crippen molar-refractivity contribution in [2.75, 3.05) is 11.4 Å². The van der Waals surface area contributed by atoms with Crippen molar-refractivity contribution in [1.82, 2.24) is 0 Å². The van der Waals surface area contributed by atoms with Gasteiger partial charge in [-0.25, -0.2) is 4.39 Å². The van der Waals surface area contributed by atoms with Gasteiger partial charge in [-0.3, -0.25) is 0 Å². The molecule has 3 heteroatoms. The maximum Gasteiger partial charge on any atom is 0.123 e. The lowest BCUT2D eigenvalue weighted by Crippen LogP contribution is -2.45. The zero-order chi connectivity index (χ0) is 11.1. The summed E-state index contributed by atoms with van der Waals surface area (Å²) in [5.41, 5.74) is 0.704. The van der Waals surface area contributed by atoms with Crippen LogP contribution in [0, 0.1) is 5.82 Å². The lowest BCUT2D eigenvalue weighted by atomic mass is 9.98. The predicted molar refractivity (Wildman–Crippen MR) is 58.4 cm³/mol. The van der Waals surface area contributed by atoms with Crippen LogP contribution in [0.25, 0.3) is 0 Å². The highest BCUT2D eigenvalue weighted by Crippen LogP contribution is 2.33. The molecule has 1 aromatic carbocycles. The Balaban J connectivity index is 2.28. The van der Waals surface area contributed by atoms with E-state index in [1.807, 2.05) is 13.8 Å². The van der Waals surface area contributed by atoms with Gasteiger partial charge in [-0.1, -0.05) is 0 Å². The van der Waals surface area contributed by atoms with Crippen molar-refractivity contribution in [3.63, 3.8) is 0 Å². The lowest BCUT2D eigenvalue weighted by molar-refractivity contribution is 0.127. The van der Waals surface area contributed by atoms with Gasteiger partial charge in [0.1, 0.15) is 5.82 Å². The van der Waals surface area contributed by atoms with Crippen LogP contribution in [0.15, 0.2) is 24.3 Å². The van der Waals surface area contributed by atoms with Gasteiger partial charge in [0.05, 0.1) is 11.6 Å². The molecule has 1 fully saturated rings. The zero-order valence-electron chi connectivity index (χ0n) is 9.07. The Morgan fingerprint density at radius 3 is 2.40 bits per heavy atom. The minimum absolute atomic E-state index is 0.226. The van der Waals surface area contributed by atoms with Gasteiger partial charge >= 0.3 is 0 Å². The molecular formula is C12H16FNO. The number of anilines is 1. The second-order valence-corrected chi connectivity index (χ2v) is 4.59. The largest absolute Gasteiger partial charge is 0.391 e. The number of hydrogen-bond acceptors (Lipinski definition) is 2. The molecule has 1 unspecified atom stereocenters. The Morgan fingerprint density at radius 2 is 1.93 bits per heavy atom. The van der Waals surface area contributed by atoms with Gasteiger partial charge in [-0.2, -0.15) is 0 Å². The van der Waals surface area contributed by atoms with Gasteiger partial charge < -0.3 is 10.0 Å². The molecule has 0 radical (unpaired) electrons. The van der Waals surface area contributed by atoms with E-state index in [1.54, 1.807) is 12.1 Å². The molecule has 0 spiro atoms. The fraction of sp³-hybridized carbons (Fsp3) is 0.500. The van der Waals surface area contributed by atoms with Crippen LogP contribution in [0.2, 0.25) is 0 Å². The molecule has 0 aromatic heterocycles. The Bertz CT molecular complexity index is 347. The van der Waals surface area contributed by atoms with Crippen LogP contribution in [0.3, 0.4) is 0 Å². The smallest absolute Gasteiger partial charge is 0.123 e. The van der Waals surface area contributed by atoms with E-state index in [-0.39, 0.29) is 17.5 Å². The summed E-state index contributed by atoms with van der Waals surface area (Å²) in [5.74, 6) is -0.226. The second kappa shape index (κ2) is 3.49. The van der Waals surface area contributed by atoms with Gasteiger partial charge in [-0.05, 0) is 44.5 Å². The number of hydrogen-bond donors (Lipinski definition) is 1. The number of nitrogens with zero attached hydrogens (tertiary/aromatic N) is 1. The third-order valence-electron chi connectivity index (χ3n) is 3.28. The monoisotopic (exact) mass is 209 g/mol. The highest BCUT2D eigenvalue weighted by molar-refractivity contribution is 5.50. The van der Waals surface area contributed by atoms with Crippen molar-refractivity contribution in [2.45, 2.75) is 31.9 Å². The summed E-state index contributed by atoms with van der Waals surface area (Å²) in [4.78, 5) is 2.12. The first-order chi connectivity index (χ1) is 7.01. The van der Waals surface area contributed by atoms with E-state index < -0.39 is 0 Å². The maximum absolute atomic E-state index is 12.8. The summed E-state index contributed by atoms with van der Waals surface area (Å²) in [5, 5.41) is 9.83. The summed E-state index contributed by atoms with van der Waals surface area (Å²) in [6.07, 6.45) is 0.451. The fourth-order valence-corrected chi connectivity index (χ4v) is 2.16. The van der Waals surface area contributed by atoms with E-state index in [4.69, 9.17) is 0 Å². The maximum atomic E-state index is 12.8. The molecule has 1 aromatic rings. The summed E-state index contributed by atoms with van der Waals surface area (Å²) < 4.78 is 12.8. The van der Waals surface area contributed by atoms with Crippen molar-refractivity contribution in [2.24, 2.45) is 0 Å². The van der Waals surface area contributed by atoms with Gasteiger partial charge in [0.15, 0.2) is 0 Å². The van der Waals surface area contributed by atoms with Crippen molar-refractivity contribution in [3.8, 4) is 0 Å². The number of aliphatic hydroxyl groups is 1. The van der Waals surface area contributed by atoms with E-state index in [9.17, 15) is 9.50 Å². The van der Waals surface area contributed by atoms with Crippen LogP contribution < -0.4 is 4.90 Å². The minimum atomic E-state index is -0.317. The highest BCUT2D eigenvalue weighted by atomic mass is 19.1. The Morgan fingerprint density at radius 1 is 1.33 bits per heavy atom. The van der Waals surface area contributed by atoms with Gasteiger partial charge in [0, 0.05) is 12.2 Å². The van der Waals surface area contributed by atoms with Crippen molar-refractivity contribution in [1.29, 1.82) is 0 Å². The van der Waals surface area contributed by atoms with Crippen LogP contribution >= 0.6 is 0 Å². The van der Waals surface area contributed by atoms with E-state index in [2.05, 4.69) is 4.90 Å². The number of benzene rings is 1. The van der Waals surface area contributed by atoms with Crippen LogP contribution in [-0.4, -0.2) is 23.3 Å². The molecule has 1 atom stereocenters. The minimum Gasteiger partial charge on any atom is -0.391 e. The third-order valence-corrected chi connectivity index (χ3v) is 3.28. The predicted octanol–water partition coefficient (Wildman–Crippen LogP) is 2.18. The first-order valence-corrected chi connectivity index (χ1v) is 5.23. The van der Waals surface area contributed by atoms with E-state index in [0.717, 1.165) is 18.7 Å². The van der Waals surface area contributed by atoms with Gasteiger partial charge in [0.2, 0.25) is 0 Å². The number of aliphatic hydroxyl groups excluding tert-OH is 1. The number of halogens is 1. The van der Waals surface area contributed by atoms with Crippen molar-refractivity contribution >= 4 is 5.69 Å². The molecule has 0 bridgehead atoms. The topological polar surface area (TPSA) is 23.5 Å². The second-order valence-electron chi connectivity index (χ2n) is 4.59. The quantitative estimate of drug-likeness (QED) is 0.766. The molecule has 2 rings (SSSR count). The molecule has 0 saturated carbocycles. The molecule has 0 amide bonds. The lowest BCUT2D eigenvalue weighted by Gasteiger charge is -2.35. The summed E-state index contributed by atoms with van der Waals surface area (Å²) in [6.45, 7) is 4.84. The summed E-state index contributed by atoms with van der Waals surface area (Å²) in [6, 6.07) is 6.43. The van der Waals surface area contributed by atoms with Crippen LogP contribution in [0.1, 0.15) is 20.3 Å². The average Bonchev–Trinajstić information content (AvgIpc) is 2.44. The molecule has 2 nitrogen and oxygen atoms in total. The Hall–Kier alpha value is -1.09. The van der Waals surface area contributed by atoms with E-state index in [0.29, 0.717) is 0 Å². The van der Waals surface area contributed by atoms with Crippen LogP contribution in [0.4, 0.5) is 10.1 Å². The normalized spacial score (nSPS) is 24.5. The third kappa shape index (κ3) is 1.72. The molecule has 82 valence electrons. The van der Waals surface area contributed by atoms with E-state index >= 15 is 0 Å². The Labute approximate surface area is 89.3 Å². The fourth-order valence-electron chi connectivity index (χ4n) is 2.16. The van der Waals surface area contributed by atoms with Gasteiger partial charge in [0.25, 0.3) is 0 Å². The van der Waals surface area contributed by atoms with Crippen LogP contribution in [0.5, 0.6) is 0 Å². The SMILES string of the molecule is CC1(C)C(O)CCN1c1ccc(F)cc1. The molecule has 1 N–H and O–H groups in total. The van der Waals surface area contributed by atoms with Crippen LogP contribution in [-0.2, 0) is 0 Å². The van der Waals surface area contributed by atoms with Crippen molar-refractivity contribution < 1.29 is 9.50 Å². The molecule has 1 heterocycles. The molecule has 15 heavy (non-hydrogen) atoms. The van der Waals surface area contributed by atoms with Gasteiger partial charge in [-0.15, -0.1) is 0 Å². The van der Waals surface area contributed by atoms with Crippen molar-refractivity contribution in [3.05, 3.63) is 30.1 Å². The Kier molecular flexibility index (Phi) is 2.43. The molecular weight excluding hydrogens is 193 g/mol. The molecule has 1 aliphatic rings. The standard InChI is InChI=1S/C12H16FNO/c1-12(2)11(15)7-8-14(12)10-5-3-9(13)4-6-10/h3-6,11,15H,7-8H2,1-2H3. The molecule has 0 aliphatic carbocycles. The van der Waals surface area contributed by atoms with E-state index in [1.165, 1.54) is 12.1 Å². The zero-order valence-corrected chi connectivity index (χ0v) is 9.07.